The summed E-state index contributed by atoms with van der Waals surface area (Å²) in [4.78, 5) is 0. The standard InChI is InChI=1S/C11H19NO9S2/c1-2-3-4-7(12-21-23(17,18)19)22-11-10(16)9(15)8(14)6(5-13)20-11/h2,6,8-11,13-16H,1,3-5H2,(H,17,18,19)/b12-7+/t6?,8-,9?,10+,11+/m1/s1. The molecule has 1 aliphatic rings. The lowest BCUT2D eigenvalue weighted by Gasteiger charge is -2.39. The summed E-state index contributed by atoms with van der Waals surface area (Å²) in [7, 11) is -4.79. The molecule has 0 saturated carbocycles. The van der Waals surface area contributed by atoms with Crippen molar-refractivity contribution >= 4 is 27.2 Å². The molecule has 0 amide bonds. The minimum Gasteiger partial charge on any atom is -0.394 e. The topological polar surface area (TPSA) is 166 Å². The molecular formula is C11H19NO9S2. The molecule has 0 aromatic heterocycles. The van der Waals surface area contributed by atoms with E-state index in [1.54, 1.807) is 0 Å². The molecule has 0 spiro atoms. The lowest BCUT2D eigenvalue weighted by atomic mass is 10.0. The zero-order chi connectivity index (χ0) is 17.6. The number of hydrogen-bond donors (Lipinski definition) is 5. The molecule has 0 radical (unpaired) electrons. The van der Waals surface area contributed by atoms with Gasteiger partial charge in [0.15, 0.2) is 0 Å². The maximum atomic E-state index is 10.6. The second-order valence-corrected chi connectivity index (χ2v) is 6.81. The summed E-state index contributed by atoms with van der Waals surface area (Å²) >= 11 is 0.727. The van der Waals surface area contributed by atoms with Crippen molar-refractivity contribution in [2.45, 2.75) is 42.7 Å². The monoisotopic (exact) mass is 373 g/mol. The third-order valence-corrected chi connectivity index (χ3v) is 4.33. The van der Waals surface area contributed by atoms with E-state index in [0.29, 0.717) is 6.42 Å². The quantitative estimate of drug-likeness (QED) is 0.118. The Morgan fingerprint density at radius 2 is 1.96 bits per heavy atom. The number of oxime groups is 1. The van der Waals surface area contributed by atoms with E-state index < -0.39 is 46.9 Å². The van der Waals surface area contributed by atoms with Crippen molar-refractivity contribution in [1.29, 1.82) is 0 Å². The molecule has 1 saturated heterocycles. The lowest BCUT2D eigenvalue weighted by Crippen LogP contribution is -2.57. The fourth-order valence-electron chi connectivity index (χ4n) is 1.74. The maximum absolute atomic E-state index is 10.6. The Kier molecular flexibility index (Phi) is 7.89. The molecule has 0 bridgehead atoms. The predicted molar refractivity (Wildman–Crippen MR) is 80.9 cm³/mol. The van der Waals surface area contributed by atoms with Gasteiger partial charge < -0.3 is 25.2 Å². The average molecular weight is 373 g/mol. The van der Waals surface area contributed by atoms with Gasteiger partial charge in [-0.25, -0.2) is 4.28 Å². The third kappa shape index (κ3) is 6.35. The van der Waals surface area contributed by atoms with E-state index >= 15 is 0 Å². The minimum absolute atomic E-state index is 0.0341. The third-order valence-electron chi connectivity index (χ3n) is 2.90. The summed E-state index contributed by atoms with van der Waals surface area (Å²) in [5.41, 5.74) is -1.14. The van der Waals surface area contributed by atoms with Gasteiger partial charge in [-0.15, -0.1) is 6.58 Å². The Balaban J connectivity index is 2.86. The number of aliphatic hydroxyl groups excluding tert-OH is 4. The van der Waals surface area contributed by atoms with Gasteiger partial charge in [-0.1, -0.05) is 23.0 Å². The molecule has 0 aromatic rings. The van der Waals surface area contributed by atoms with Crippen LogP contribution in [-0.4, -0.2) is 74.9 Å². The van der Waals surface area contributed by atoms with E-state index in [4.69, 9.17) is 14.4 Å². The van der Waals surface area contributed by atoms with Crippen molar-refractivity contribution in [2.24, 2.45) is 5.16 Å². The minimum atomic E-state index is -4.79. The van der Waals surface area contributed by atoms with Gasteiger partial charge in [-0.2, -0.15) is 8.42 Å². The number of thioether (sulfide) groups is 1. The van der Waals surface area contributed by atoms with Gasteiger partial charge in [-0.05, 0) is 6.42 Å². The van der Waals surface area contributed by atoms with Gasteiger partial charge in [0, 0.05) is 6.42 Å². The summed E-state index contributed by atoms with van der Waals surface area (Å²) in [5.74, 6) is 0. The van der Waals surface area contributed by atoms with E-state index in [1.807, 2.05) is 0 Å². The van der Waals surface area contributed by atoms with Gasteiger partial charge >= 0.3 is 10.4 Å². The highest BCUT2D eigenvalue weighted by molar-refractivity contribution is 8.14. The predicted octanol–water partition coefficient (Wildman–Crippen LogP) is -1.38. The van der Waals surface area contributed by atoms with Gasteiger partial charge in [0.25, 0.3) is 0 Å². The Morgan fingerprint density at radius 1 is 1.30 bits per heavy atom. The van der Waals surface area contributed by atoms with Crippen molar-refractivity contribution in [2.75, 3.05) is 6.61 Å². The molecule has 0 aliphatic carbocycles. The van der Waals surface area contributed by atoms with Crippen LogP contribution in [0, 0.1) is 0 Å². The first-order valence-corrected chi connectivity index (χ1v) is 8.75. The second-order valence-electron chi connectivity index (χ2n) is 4.63. The van der Waals surface area contributed by atoms with Crippen LogP contribution in [0.25, 0.3) is 0 Å². The van der Waals surface area contributed by atoms with Crippen molar-refractivity contribution in [3.8, 4) is 0 Å². The zero-order valence-electron chi connectivity index (χ0n) is 11.9. The first-order chi connectivity index (χ1) is 10.7. The molecule has 1 fully saturated rings. The summed E-state index contributed by atoms with van der Waals surface area (Å²) in [6.45, 7) is 2.90. The van der Waals surface area contributed by atoms with Crippen LogP contribution < -0.4 is 0 Å². The summed E-state index contributed by atoms with van der Waals surface area (Å²) in [6.07, 6.45) is -3.62. The normalized spacial score (nSPS) is 32.6. The molecule has 2 unspecified atom stereocenters. The highest BCUT2D eigenvalue weighted by atomic mass is 32.3. The number of hydrogen-bond acceptors (Lipinski definition) is 10. The van der Waals surface area contributed by atoms with Gasteiger partial charge in [-0.3, -0.25) is 4.55 Å². The fraction of sp³-hybridized carbons (Fsp3) is 0.727. The van der Waals surface area contributed by atoms with E-state index in [2.05, 4.69) is 16.0 Å². The second kappa shape index (κ2) is 8.94. The smallest absolute Gasteiger partial charge is 0.394 e. The van der Waals surface area contributed by atoms with Gasteiger partial charge in [0.1, 0.15) is 34.9 Å². The van der Waals surface area contributed by atoms with Crippen LogP contribution in [0.15, 0.2) is 17.8 Å². The molecule has 12 heteroatoms. The number of aliphatic hydroxyl groups is 4. The van der Waals surface area contributed by atoms with E-state index in [1.165, 1.54) is 6.08 Å². The molecule has 23 heavy (non-hydrogen) atoms. The SMILES string of the molecule is C=CCC/C(=N\OS(=O)(=O)O)S[C@@H]1OC(CO)[C@@H](O)C(O)[C@@H]1O. The Hall–Kier alpha value is -0.730. The summed E-state index contributed by atoms with van der Waals surface area (Å²) in [6, 6.07) is 0. The summed E-state index contributed by atoms with van der Waals surface area (Å²) < 4.78 is 38.9. The first kappa shape index (κ1) is 20.3. The van der Waals surface area contributed by atoms with Crippen LogP contribution >= 0.6 is 11.8 Å². The number of rotatable bonds is 7. The maximum Gasteiger partial charge on any atom is 0.466 e. The molecule has 1 aliphatic heterocycles. The number of nitrogens with zero attached hydrogens (tertiary/aromatic N) is 1. The van der Waals surface area contributed by atoms with Crippen molar-refractivity contribution in [1.82, 2.24) is 0 Å². The first-order valence-electron chi connectivity index (χ1n) is 6.50. The highest BCUT2D eigenvalue weighted by Gasteiger charge is 2.44. The van der Waals surface area contributed by atoms with Crippen LogP contribution in [0.3, 0.4) is 0 Å². The molecule has 10 nitrogen and oxygen atoms in total. The Labute approximate surface area is 137 Å². The van der Waals surface area contributed by atoms with Gasteiger partial charge in [0.2, 0.25) is 0 Å². The van der Waals surface area contributed by atoms with Crippen LogP contribution in [-0.2, 0) is 19.4 Å². The van der Waals surface area contributed by atoms with Crippen molar-refractivity contribution in [3.63, 3.8) is 0 Å². The molecular weight excluding hydrogens is 354 g/mol. The van der Waals surface area contributed by atoms with Crippen LogP contribution in [0.1, 0.15) is 12.8 Å². The van der Waals surface area contributed by atoms with Crippen molar-refractivity contribution < 1.29 is 42.4 Å². The van der Waals surface area contributed by atoms with Crippen LogP contribution in [0.4, 0.5) is 0 Å². The largest absolute Gasteiger partial charge is 0.466 e. The lowest BCUT2D eigenvalue weighted by molar-refractivity contribution is -0.205. The fourth-order valence-corrected chi connectivity index (χ4v) is 3.05. The molecule has 0 aromatic carbocycles. The molecule has 5 atom stereocenters. The van der Waals surface area contributed by atoms with Crippen LogP contribution in [0.2, 0.25) is 0 Å². The number of allylic oxidation sites excluding steroid dienone is 1. The highest BCUT2D eigenvalue weighted by Crippen LogP contribution is 2.30. The van der Waals surface area contributed by atoms with E-state index in [0.717, 1.165) is 11.8 Å². The molecule has 1 heterocycles. The number of ether oxygens (including phenoxy) is 1. The van der Waals surface area contributed by atoms with Crippen LogP contribution in [0.5, 0.6) is 0 Å². The molecule has 134 valence electrons. The van der Waals surface area contributed by atoms with E-state index in [-0.39, 0.29) is 11.5 Å². The molecule has 1 rings (SSSR count). The van der Waals surface area contributed by atoms with Crippen molar-refractivity contribution in [3.05, 3.63) is 12.7 Å². The average Bonchev–Trinajstić information content (AvgIpc) is 2.49. The summed E-state index contributed by atoms with van der Waals surface area (Å²) in [5, 5.41) is 41.7. The Bertz CT molecular complexity index is 522. The van der Waals surface area contributed by atoms with Gasteiger partial charge in [0.05, 0.1) is 6.61 Å². The Morgan fingerprint density at radius 3 is 2.48 bits per heavy atom. The zero-order valence-corrected chi connectivity index (χ0v) is 13.6. The molecule has 5 N–H and O–H groups in total. The van der Waals surface area contributed by atoms with E-state index in [9.17, 15) is 23.7 Å².